The summed E-state index contributed by atoms with van der Waals surface area (Å²) in [5.41, 5.74) is 3.46. The van der Waals surface area contributed by atoms with Crippen molar-refractivity contribution in [2.24, 2.45) is 11.3 Å². The molecule has 0 bridgehead atoms. The van der Waals surface area contributed by atoms with E-state index in [1.165, 1.54) is 44.1 Å². The normalized spacial score (nSPS) is 26.8. The van der Waals surface area contributed by atoms with Gasteiger partial charge in [-0.1, -0.05) is 57.9 Å². The zero-order valence-electron chi connectivity index (χ0n) is 14.0. The lowest BCUT2D eigenvalue weighted by molar-refractivity contribution is 0.130. The van der Waals surface area contributed by atoms with Crippen molar-refractivity contribution in [2.45, 2.75) is 77.8 Å². The van der Waals surface area contributed by atoms with E-state index in [4.69, 9.17) is 0 Å². The maximum atomic E-state index is 3.88. The average molecular weight is 285 g/mol. The molecule has 2 aliphatic carbocycles. The molecule has 116 valence electrons. The Morgan fingerprint density at radius 1 is 1.05 bits per heavy atom. The maximum Gasteiger partial charge on any atom is 0.0208 e. The van der Waals surface area contributed by atoms with E-state index >= 15 is 0 Å². The Morgan fingerprint density at radius 3 is 2.52 bits per heavy atom. The van der Waals surface area contributed by atoms with Crippen LogP contribution in [-0.4, -0.2) is 6.04 Å². The second-order valence-electron chi connectivity index (χ2n) is 8.26. The molecular formula is C20H31N. The molecule has 2 aliphatic rings. The molecule has 1 N–H and O–H groups in total. The van der Waals surface area contributed by atoms with Gasteiger partial charge in [0.1, 0.15) is 0 Å². The third kappa shape index (κ3) is 3.88. The van der Waals surface area contributed by atoms with E-state index in [1.807, 2.05) is 0 Å². The smallest absolute Gasteiger partial charge is 0.0208 e. The van der Waals surface area contributed by atoms with E-state index in [2.05, 4.69) is 50.4 Å². The van der Waals surface area contributed by atoms with Gasteiger partial charge in [-0.3, -0.25) is 0 Å². The Balaban J connectivity index is 1.61. The summed E-state index contributed by atoms with van der Waals surface area (Å²) in [6.07, 6.45) is 8.34. The monoisotopic (exact) mass is 285 g/mol. The summed E-state index contributed by atoms with van der Waals surface area (Å²) in [5, 5.41) is 3.88. The van der Waals surface area contributed by atoms with Crippen molar-refractivity contribution in [3.63, 3.8) is 0 Å². The van der Waals surface area contributed by atoms with Gasteiger partial charge in [0.15, 0.2) is 0 Å². The highest BCUT2D eigenvalue weighted by Crippen LogP contribution is 2.40. The average Bonchev–Trinajstić information content (AvgIpc) is 3.29. The third-order valence-corrected chi connectivity index (χ3v) is 5.45. The fourth-order valence-corrected chi connectivity index (χ4v) is 4.03. The van der Waals surface area contributed by atoms with E-state index in [0.717, 1.165) is 18.4 Å². The van der Waals surface area contributed by atoms with Gasteiger partial charge < -0.3 is 5.32 Å². The molecule has 0 aliphatic heterocycles. The molecule has 0 amide bonds. The highest BCUT2D eigenvalue weighted by Gasteiger charge is 2.33. The standard InChI is InChI=1S/C20H31N/c1-20(2,3)18-9-4-5-10-19(18)21-14-15-7-6-8-17(13-15)16-11-12-16/h6-8,13,16,18-19,21H,4-5,9-12,14H2,1-3H3. The molecule has 0 saturated heterocycles. The summed E-state index contributed by atoms with van der Waals surface area (Å²) < 4.78 is 0. The molecule has 2 atom stereocenters. The minimum Gasteiger partial charge on any atom is -0.310 e. The predicted octanol–water partition coefficient (Wildman–Crippen LogP) is 5.26. The number of rotatable bonds is 4. The summed E-state index contributed by atoms with van der Waals surface area (Å²) in [6, 6.07) is 9.96. The Hall–Kier alpha value is -0.820. The van der Waals surface area contributed by atoms with Gasteiger partial charge in [0.25, 0.3) is 0 Å². The van der Waals surface area contributed by atoms with Crippen LogP contribution in [0.25, 0.3) is 0 Å². The summed E-state index contributed by atoms with van der Waals surface area (Å²) >= 11 is 0. The highest BCUT2D eigenvalue weighted by molar-refractivity contribution is 5.29. The number of nitrogens with one attached hydrogen (secondary N) is 1. The Labute approximate surface area is 130 Å². The lowest BCUT2D eigenvalue weighted by Gasteiger charge is -2.41. The minimum atomic E-state index is 0.425. The zero-order chi connectivity index (χ0) is 14.9. The van der Waals surface area contributed by atoms with Crippen molar-refractivity contribution in [3.05, 3.63) is 35.4 Å². The predicted molar refractivity (Wildman–Crippen MR) is 90.5 cm³/mol. The number of benzene rings is 1. The summed E-state index contributed by atoms with van der Waals surface area (Å²) in [4.78, 5) is 0. The lowest BCUT2D eigenvalue weighted by Crippen LogP contribution is -2.43. The molecule has 1 aromatic rings. The molecule has 2 fully saturated rings. The summed E-state index contributed by atoms with van der Waals surface area (Å²) in [6.45, 7) is 8.26. The molecule has 1 nitrogen and oxygen atoms in total. The lowest BCUT2D eigenvalue weighted by atomic mass is 9.69. The van der Waals surface area contributed by atoms with Crippen LogP contribution in [0.1, 0.15) is 76.3 Å². The maximum absolute atomic E-state index is 3.88. The van der Waals surface area contributed by atoms with Crippen LogP contribution in [0.5, 0.6) is 0 Å². The van der Waals surface area contributed by atoms with E-state index in [0.29, 0.717) is 11.5 Å². The first kappa shape index (κ1) is 15.1. The molecule has 1 aromatic carbocycles. The Bertz CT molecular complexity index is 467. The van der Waals surface area contributed by atoms with Crippen LogP contribution >= 0.6 is 0 Å². The molecule has 1 heteroatoms. The van der Waals surface area contributed by atoms with Gasteiger partial charge in [0.05, 0.1) is 0 Å². The van der Waals surface area contributed by atoms with Gasteiger partial charge in [0.2, 0.25) is 0 Å². The highest BCUT2D eigenvalue weighted by atomic mass is 14.9. The largest absolute Gasteiger partial charge is 0.310 e. The second-order valence-corrected chi connectivity index (χ2v) is 8.26. The fourth-order valence-electron chi connectivity index (χ4n) is 4.03. The Morgan fingerprint density at radius 2 is 1.81 bits per heavy atom. The van der Waals surface area contributed by atoms with Gasteiger partial charge in [-0.15, -0.1) is 0 Å². The van der Waals surface area contributed by atoms with Gasteiger partial charge in [-0.05, 0) is 54.1 Å². The molecule has 0 spiro atoms. The van der Waals surface area contributed by atoms with Crippen molar-refractivity contribution < 1.29 is 0 Å². The topological polar surface area (TPSA) is 12.0 Å². The third-order valence-electron chi connectivity index (χ3n) is 5.45. The fraction of sp³-hybridized carbons (Fsp3) is 0.700. The van der Waals surface area contributed by atoms with Crippen LogP contribution in [0.3, 0.4) is 0 Å². The molecule has 3 rings (SSSR count). The molecule has 0 aromatic heterocycles. The van der Waals surface area contributed by atoms with Crippen LogP contribution in [-0.2, 0) is 6.54 Å². The van der Waals surface area contributed by atoms with Crippen LogP contribution in [0.2, 0.25) is 0 Å². The summed E-state index contributed by atoms with van der Waals surface area (Å²) in [7, 11) is 0. The van der Waals surface area contributed by atoms with Gasteiger partial charge in [-0.2, -0.15) is 0 Å². The summed E-state index contributed by atoms with van der Waals surface area (Å²) in [5.74, 6) is 1.68. The van der Waals surface area contributed by atoms with Crippen molar-refractivity contribution in [1.82, 2.24) is 5.32 Å². The molecular weight excluding hydrogens is 254 g/mol. The molecule has 21 heavy (non-hydrogen) atoms. The Kier molecular flexibility index (Phi) is 4.40. The van der Waals surface area contributed by atoms with E-state index in [9.17, 15) is 0 Å². The minimum absolute atomic E-state index is 0.425. The first-order valence-corrected chi connectivity index (χ1v) is 8.86. The first-order chi connectivity index (χ1) is 10.0. The zero-order valence-corrected chi connectivity index (χ0v) is 14.0. The molecule has 0 radical (unpaired) electrons. The van der Waals surface area contributed by atoms with Crippen molar-refractivity contribution in [1.29, 1.82) is 0 Å². The first-order valence-electron chi connectivity index (χ1n) is 8.86. The van der Waals surface area contributed by atoms with E-state index in [1.54, 1.807) is 5.56 Å². The molecule has 0 heterocycles. The van der Waals surface area contributed by atoms with Gasteiger partial charge >= 0.3 is 0 Å². The van der Waals surface area contributed by atoms with Crippen LogP contribution < -0.4 is 5.32 Å². The van der Waals surface area contributed by atoms with Crippen LogP contribution in [0.4, 0.5) is 0 Å². The molecule has 2 unspecified atom stereocenters. The van der Waals surface area contributed by atoms with Crippen LogP contribution in [0.15, 0.2) is 24.3 Å². The van der Waals surface area contributed by atoms with Gasteiger partial charge in [-0.25, -0.2) is 0 Å². The van der Waals surface area contributed by atoms with E-state index < -0.39 is 0 Å². The van der Waals surface area contributed by atoms with Crippen LogP contribution in [0, 0.1) is 11.3 Å². The van der Waals surface area contributed by atoms with Crippen molar-refractivity contribution >= 4 is 0 Å². The van der Waals surface area contributed by atoms with E-state index in [-0.39, 0.29) is 0 Å². The second kappa shape index (κ2) is 6.12. The van der Waals surface area contributed by atoms with Crippen molar-refractivity contribution in [2.75, 3.05) is 0 Å². The number of hydrogen-bond acceptors (Lipinski definition) is 1. The van der Waals surface area contributed by atoms with Gasteiger partial charge in [0, 0.05) is 12.6 Å². The number of hydrogen-bond donors (Lipinski definition) is 1. The SMILES string of the molecule is CC(C)(C)C1CCCCC1NCc1cccc(C2CC2)c1. The molecule has 2 saturated carbocycles. The quantitative estimate of drug-likeness (QED) is 0.796. The van der Waals surface area contributed by atoms with Crippen molar-refractivity contribution in [3.8, 4) is 0 Å².